The van der Waals surface area contributed by atoms with E-state index in [1.807, 2.05) is 0 Å². The molecule has 1 aliphatic rings. The lowest BCUT2D eigenvalue weighted by Crippen LogP contribution is -2.10. The molecule has 0 spiro atoms. The Labute approximate surface area is 140 Å². The van der Waals surface area contributed by atoms with Crippen molar-refractivity contribution in [3.63, 3.8) is 0 Å². The van der Waals surface area contributed by atoms with Crippen LogP contribution in [0.2, 0.25) is 0 Å². The van der Waals surface area contributed by atoms with Crippen LogP contribution in [0, 0.1) is 17.8 Å². The number of hydrogen-bond donors (Lipinski definition) is 0. The van der Waals surface area contributed by atoms with E-state index in [0.29, 0.717) is 0 Å². The van der Waals surface area contributed by atoms with Crippen molar-refractivity contribution in [3.8, 4) is 11.8 Å². The van der Waals surface area contributed by atoms with E-state index < -0.39 is 0 Å². The molecule has 2 aromatic rings. The van der Waals surface area contributed by atoms with Gasteiger partial charge in [0.25, 0.3) is 0 Å². The third-order valence-corrected chi connectivity index (χ3v) is 5.11. The average Bonchev–Trinajstić information content (AvgIpc) is 2.61. The molecule has 0 atom stereocenters. The van der Waals surface area contributed by atoms with Gasteiger partial charge in [-0.05, 0) is 66.5 Å². The molecule has 118 valence electrons. The summed E-state index contributed by atoms with van der Waals surface area (Å²) >= 11 is 0. The molecule has 0 saturated heterocycles. The van der Waals surface area contributed by atoms with Crippen LogP contribution in [0.15, 0.2) is 48.5 Å². The van der Waals surface area contributed by atoms with E-state index in [1.165, 1.54) is 36.8 Å². The highest BCUT2D eigenvalue weighted by Gasteiger charge is 2.19. The van der Waals surface area contributed by atoms with Crippen LogP contribution >= 0.6 is 0 Å². The lowest BCUT2D eigenvalue weighted by atomic mass is 9.79. The molecule has 0 bridgehead atoms. The Hall–Kier alpha value is -2.00. The van der Waals surface area contributed by atoms with Gasteiger partial charge in [0.05, 0.1) is 0 Å². The number of aryl methyl sites for hydroxylation is 1. The van der Waals surface area contributed by atoms with E-state index in [-0.39, 0.29) is 0 Å². The van der Waals surface area contributed by atoms with Crippen molar-refractivity contribution in [2.75, 3.05) is 0 Å². The maximum absolute atomic E-state index is 3.29. The summed E-state index contributed by atoms with van der Waals surface area (Å²) < 4.78 is 0. The van der Waals surface area contributed by atoms with Crippen molar-refractivity contribution in [2.45, 2.75) is 51.9 Å². The Morgan fingerprint density at radius 2 is 1.30 bits per heavy atom. The SMILES string of the molecule is CCc1ccc(C#Cc2ccc(C3CCC(C)CC3)cc2)cc1. The summed E-state index contributed by atoms with van der Waals surface area (Å²) in [6, 6.07) is 17.5. The topological polar surface area (TPSA) is 0 Å². The van der Waals surface area contributed by atoms with Gasteiger partial charge in [0, 0.05) is 11.1 Å². The molecule has 3 rings (SSSR count). The number of hydrogen-bond acceptors (Lipinski definition) is 0. The van der Waals surface area contributed by atoms with Crippen molar-refractivity contribution >= 4 is 0 Å². The van der Waals surface area contributed by atoms with E-state index in [4.69, 9.17) is 0 Å². The first kappa shape index (κ1) is 15.9. The molecular weight excluding hydrogens is 276 g/mol. The molecule has 23 heavy (non-hydrogen) atoms. The minimum Gasteiger partial charge on any atom is -0.0625 e. The van der Waals surface area contributed by atoms with Gasteiger partial charge >= 0.3 is 0 Å². The third-order valence-electron chi connectivity index (χ3n) is 5.11. The minimum atomic E-state index is 0.759. The normalized spacial score (nSPS) is 20.6. The van der Waals surface area contributed by atoms with Crippen molar-refractivity contribution in [2.24, 2.45) is 5.92 Å². The fourth-order valence-electron chi connectivity index (χ4n) is 3.40. The summed E-state index contributed by atoms with van der Waals surface area (Å²) in [5, 5.41) is 0. The first-order valence-corrected chi connectivity index (χ1v) is 8.95. The van der Waals surface area contributed by atoms with Crippen LogP contribution in [0.3, 0.4) is 0 Å². The van der Waals surface area contributed by atoms with Gasteiger partial charge in [-0.1, -0.05) is 62.8 Å². The van der Waals surface area contributed by atoms with Crippen molar-refractivity contribution in [1.29, 1.82) is 0 Å². The van der Waals surface area contributed by atoms with E-state index in [2.05, 4.69) is 74.2 Å². The molecule has 0 nitrogen and oxygen atoms in total. The summed E-state index contributed by atoms with van der Waals surface area (Å²) in [6.07, 6.45) is 6.51. The summed E-state index contributed by atoms with van der Waals surface area (Å²) in [6.45, 7) is 4.55. The summed E-state index contributed by atoms with van der Waals surface area (Å²) in [5.41, 5.74) is 5.06. The second-order valence-electron chi connectivity index (χ2n) is 6.88. The highest BCUT2D eigenvalue weighted by Crippen LogP contribution is 2.35. The summed E-state index contributed by atoms with van der Waals surface area (Å²) in [5.74, 6) is 8.22. The fourth-order valence-corrected chi connectivity index (χ4v) is 3.40. The molecule has 0 aromatic heterocycles. The van der Waals surface area contributed by atoms with E-state index in [1.54, 1.807) is 0 Å². The highest BCUT2D eigenvalue weighted by molar-refractivity contribution is 5.44. The number of benzene rings is 2. The Kier molecular flexibility index (Phi) is 5.19. The van der Waals surface area contributed by atoms with Crippen LogP contribution in [0.4, 0.5) is 0 Å². The van der Waals surface area contributed by atoms with Gasteiger partial charge in [0.15, 0.2) is 0 Å². The standard InChI is InChI=1S/C23H26/c1-3-19-6-8-20(9-7-19)10-11-21-12-16-23(17-13-21)22-14-4-18(2)5-15-22/h6-9,12-13,16-18,22H,3-5,14-15H2,1-2H3. The predicted molar refractivity (Wildman–Crippen MR) is 98.6 cm³/mol. The molecule has 0 N–H and O–H groups in total. The van der Waals surface area contributed by atoms with Gasteiger partial charge in [-0.25, -0.2) is 0 Å². The van der Waals surface area contributed by atoms with Crippen LogP contribution in [-0.2, 0) is 6.42 Å². The van der Waals surface area contributed by atoms with Crippen molar-refractivity contribution in [1.82, 2.24) is 0 Å². The molecule has 0 amide bonds. The molecule has 1 fully saturated rings. The molecule has 0 radical (unpaired) electrons. The predicted octanol–water partition coefficient (Wildman–Crippen LogP) is 5.94. The van der Waals surface area contributed by atoms with Crippen LogP contribution in [0.1, 0.15) is 67.7 Å². The number of rotatable bonds is 2. The maximum atomic E-state index is 3.29. The van der Waals surface area contributed by atoms with Crippen LogP contribution < -0.4 is 0 Å². The molecule has 0 heteroatoms. The fraction of sp³-hybridized carbons (Fsp3) is 0.391. The molecule has 1 aliphatic carbocycles. The van der Waals surface area contributed by atoms with E-state index in [0.717, 1.165) is 29.4 Å². The Morgan fingerprint density at radius 1 is 0.783 bits per heavy atom. The molecular formula is C23H26. The third kappa shape index (κ3) is 4.26. The Balaban J connectivity index is 1.66. The summed E-state index contributed by atoms with van der Waals surface area (Å²) in [4.78, 5) is 0. The molecule has 0 aliphatic heterocycles. The first-order valence-electron chi connectivity index (χ1n) is 8.95. The maximum Gasteiger partial charge on any atom is 0.0249 e. The lowest BCUT2D eigenvalue weighted by Gasteiger charge is -2.26. The molecule has 0 heterocycles. The van der Waals surface area contributed by atoms with Gasteiger partial charge in [-0.15, -0.1) is 0 Å². The monoisotopic (exact) mass is 302 g/mol. The largest absolute Gasteiger partial charge is 0.0625 e. The van der Waals surface area contributed by atoms with Gasteiger partial charge in [-0.2, -0.15) is 0 Å². The zero-order valence-corrected chi connectivity index (χ0v) is 14.3. The van der Waals surface area contributed by atoms with Gasteiger partial charge in [-0.3, -0.25) is 0 Å². The van der Waals surface area contributed by atoms with Crippen molar-refractivity contribution in [3.05, 3.63) is 70.8 Å². The van der Waals surface area contributed by atoms with Crippen LogP contribution in [0.5, 0.6) is 0 Å². The lowest BCUT2D eigenvalue weighted by molar-refractivity contribution is 0.348. The molecule has 0 unspecified atom stereocenters. The first-order chi connectivity index (χ1) is 11.2. The minimum absolute atomic E-state index is 0.759. The summed E-state index contributed by atoms with van der Waals surface area (Å²) in [7, 11) is 0. The molecule has 2 aromatic carbocycles. The Morgan fingerprint density at radius 3 is 1.83 bits per heavy atom. The van der Waals surface area contributed by atoms with E-state index >= 15 is 0 Å². The zero-order valence-electron chi connectivity index (χ0n) is 14.3. The van der Waals surface area contributed by atoms with E-state index in [9.17, 15) is 0 Å². The second kappa shape index (κ2) is 7.51. The zero-order chi connectivity index (χ0) is 16.1. The second-order valence-corrected chi connectivity index (χ2v) is 6.88. The van der Waals surface area contributed by atoms with Gasteiger partial charge in [0.1, 0.15) is 0 Å². The van der Waals surface area contributed by atoms with Crippen molar-refractivity contribution < 1.29 is 0 Å². The van der Waals surface area contributed by atoms with Gasteiger partial charge < -0.3 is 0 Å². The smallest absolute Gasteiger partial charge is 0.0249 e. The van der Waals surface area contributed by atoms with Crippen LogP contribution in [-0.4, -0.2) is 0 Å². The van der Waals surface area contributed by atoms with Gasteiger partial charge in [0.2, 0.25) is 0 Å². The molecule has 1 saturated carbocycles. The van der Waals surface area contributed by atoms with Crippen LogP contribution in [0.25, 0.3) is 0 Å². The average molecular weight is 302 g/mol. The quantitative estimate of drug-likeness (QED) is 0.602. The highest BCUT2D eigenvalue weighted by atomic mass is 14.2. The Bertz CT molecular complexity index is 672.